The van der Waals surface area contributed by atoms with Gasteiger partial charge in [0.2, 0.25) is 0 Å². The molecular formula is C18H22N6O. The second-order valence-corrected chi connectivity index (χ2v) is 7.19. The minimum absolute atomic E-state index is 0.422. The average molecular weight is 338 g/mol. The van der Waals surface area contributed by atoms with E-state index in [-0.39, 0.29) is 0 Å². The van der Waals surface area contributed by atoms with E-state index in [1.165, 1.54) is 12.8 Å². The number of likely N-dealkylation sites (N-methyl/N-ethyl adjacent to an activating group) is 1. The SMILES string of the molecule is CN(c1ncnc2c1COCC2)C1CN(c2ccc(C3CC3)nn2)C1. The van der Waals surface area contributed by atoms with Crippen LogP contribution in [0.4, 0.5) is 11.6 Å². The molecule has 130 valence electrons. The molecule has 7 nitrogen and oxygen atoms in total. The molecule has 2 aliphatic heterocycles. The fourth-order valence-corrected chi connectivity index (χ4v) is 3.61. The van der Waals surface area contributed by atoms with Crippen LogP contribution in [0.15, 0.2) is 18.5 Å². The van der Waals surface area contributed by atoms with Crippen LogP contribution in [-0.4, -0.2) is 53.0 Å². The van der Waals surface area contributed by atoms with Gasteiger partial charge in [-0.05, 0) is 25.0 Å². The molecule has 0 radical (unpaired) electrons. The molecule has 5 rings (SSSR count). The highest BCUT2D eigenvalue weighted by Crippen LogP contribution is 2.39. The van der Waals surface area contributed by atoms with Gasteiger partial charge in [0.25, 0.3) is 0 Å². The van der Waals surface area contributed by atoms with Gasteiger partial charge in [0.15, 0.2) is 5.82 Å². The van der Waals surface area contributed by atoms with Crippen LogP contribution in [-0.2, 0) is 17.8 Å². The molecule has 0 N–H and O–H groups in total. The van der Waals surface area contributed by atoms with Crippen molar-refractivity contribution < 1.29 is 4.74 Å². The Kier molecular flexibility index (Phi) is 3.55. The molecule has 0 bridgehead atoms. The van der Waals surface area contributed by atoms with Crippen molar-refractivity contribution in [3.8, 4) is 0 Å². The lowest BCUT2D eigenvalue weighted by Gasteiger charge is -2.45. The Balaban J connectivity index is 1.27. The van der Waals surface area contributed by atoms with Crippen molar-refractivity contribution in [2.45, 2.75) is 37.8 Å². The lowest BCUT2D eigenvalue weighted by Crippen LogP contribution is -2.59. The second kappa shape index (κ2) is 5.91. The fraction of sp³-hybridized carbons (Fsp3) is 0.556. The Bertz CT molecular complexity index is 770. The third kappa shape index (κ3) is 2.72. The van der Waals surface area contributed by atoms with Gasteiger partial charge in [-0.25, -0.2) is 9.97 Å². The van der Waals surface area contributed by atoms with Gasteiger partial charge in [-0.1, -0.05) is 0 Å². The molecule has 0 spiro atoms. The van der Waals surface area contributed by atoms with Crippen LogP contribution in [0.3, 0.4) is 0 Å². The van der Waals surface area contributed by atoms with Crippen molar-refractivity contribution in [3.05, 3.63) is 35.4 Å². The van der Waals surface area contributed by atoms with Gasteiger partial charge in [-0.2, -0.15) is 5.10 Å². The lowest BCUT2D eigenvalue weighted by atomic mass is 10.1. The zero-order chi connectivity index (χ0) is 16.8. The molecule has 0 amide bonds. The van der Waals surface area contributed by atoms with Crippen LogP contribution in [0.5, 0.6) is 0 Å². The smallest absolute Gasteiger partial charge is 0.151 e. The van der Waals surface area contributed by atoms with Crippen molar-refractivity contribution >= 4 is 11.6 Å². The predicted octanol–water partition coefficient (Wildman–Crippen LogP) is 1.54. The van der Waals surface area contributed by atoms with Gasteiger partial charge in [-0.3, -0.25) is 0 Å². The number of anilines is 2. The fourth-order valence-electron chi connectivity index (χ4n) is 3.61. The summed E-state index contributed by atoms with van der Waals surface area (Å²) in [6.07, 6.45) is 5.07. The molecule has 3 aliphatic rings. The zero-order valence-corrected chi connectivity index (χ0v) is 14.4. The van der Waals surface area contributed by atoms with Crippen LogP contribution in [0, 0.1) is 0 Å². The van der Waals surface area contributed by atoms with Gasteiger partial charge < -0.3 is 14.5 Å². The topological polar surface area (TPSA) is 67.3 Å². The van der Waals surface area contributed by atoms with Gasteiger partial charge in [0.1, 0.15) is 12.1 Å². The molecule has 1 aliphatic carbocycles. The summed E-state index contributed by atoms with van der Waals surface area (Å²) in [4.78, 5) is 13.5. The van der Waals surface area contributed by atoms with Gasteiger partial charge in [0.05, 0.1) is 30.6 Å². The van der Waals surface area contributed by atoms with Crippen molar-refractivity contribution in [1.29, 1.82) is 0 Å². The summed E-state index contributed by atoms with van der Waals surface area (Å²) in [5.74, 6) is 2.63. The predicted molar refractivity (Wildman–Crippen MR) is 93.8 cm³/mol. The number of hydrogen-bond acceptors (Lipinski definition) is 7. The third-order valence-electron chi connectivity index (χ3n) is 5.48. The first-order valence-electron chi connectivity index (χ1n) is 9.01. The molecule has 1 saturated heterocycles. The molecular weight excluding hydrogens is 316 g/mol. The Hall–Kier alpha value is -2.28. The molecule has 2 fully saturated rings. The first-order chi connectivity index (χ1) is 12.3. The molecule has 0 atom stereocenters. The van der Waals surface area contributed by atoms with E-state index in [0.717, 1.165) is 54.7 Å². The number of hydrogen-bond donors (Lipinski definition) is 0. The van der Waals surface area contributed by atoms with Crippen molar-refractivity contribution in [3.63, 3.8) is 0 Å². The van der Waals surface area contributed by atoms with E-state index in [2.05, 4.69) is 49.1 Å². The Morgan fingerprint density at radius 2 is 2.04 bits per heavy atom. The molecule has 2 aromatic rings. The first kappa shape index (κ1) is 15.0. The van der Waals surface area contributed by atoms with Gasteiger partial charge in [-0.15, -0.1) is 5.10 Å². The van der Waals surface area contributed by atoms with E-state index in [1.54, 1.807) is 6.33 Å². The molecule has 0 unspecified atom stereocenters. The minimum atomic E-state index is 0.422. The van der Waals surface area contributed by atoms with Crippen LogP contribution >= 0.6 is 0 Å². The van der Waals surface area contributed by atoms with E-state index in [1.807, 2.05) is 0 Å². The van der Waals surface area contributed by atoms with Gasteiger partial charge >= 0.3 is 0 Å². The quantitative estimate of drug-likeness (QED) is 0.838. The highest BCUT2D eigenvalue weighted by atomic mass is 16.5. The molecule has 25 heavy (non-hydrogen) atoms. The standard InChI is InChI=1S/C18H22N6O/c1-23(18-14-10-25-7-6-16(14)19-11-20-18)13-8-24(9-13)17-5-4-15(21-22-17)12-2-3-12/h4-5,11-13H,2-3,6-10H2,1H3. The monoisotopic (exact) mass is 338 g/mol. The summed E-state index contributed by atoms with van der Waals surface area (Å²) >= 11 is 0. The third-order valence-corrected chi connectivity index (χ3v) is 5.48. The van der Waals surface area contributed by atoms with Gasteiger partial charge in [0, 0.05) is 38.0 Å². The van der Waals surface area contributed by atoms with Crippen LogP contribution in [0.2, 0.25) is 0 Å². The summed E-state index contributed by atoms with van der Waals surface area (Å²) < 4.78 is 5.61. The summed E-state index contributed by atoms with van der Waals surface area (Å²) in [6.45, 7) is 3.24. The van der Waals surface area contributed by atoms with E-state index in [0.29, 0.717) is 18.6 Å². The number of rotatable bonds is 4. The molecule has 1 saturated carbocycles. The number of nitrogens with zero attached hydrogens (tertiary/aromatic N) is 6. The van der Waals surface area contributed by atoms with Crippen LogP contribution in [0.25, 0.3) is 0 Å². The van der Waals surface area contributed by atoms with Crippen molar-refractivity contribution in [2.75, 3.05) is 36.5 Å². The molecule has 2 aromatic heterocycles. The Morgan fingerprint density at radius 3 is 2.80 bits per heavy atom. The van der Waals surface area contributed by atoms with Crippen LogP contribution < -0.4 is 9.80 Å². The maximum atomic E-state index is 5.61. The highest BCUT2D eigenvalue weighted by molar-refractivity contribution is 5.52. The van der Waals surface area contributed by atoms with Crippen LogP contribution in [0.1, 0.15) is 35.7 Å². The number of fused-ring (bicyclic) bond motifs is 1. The van der Waals surface area contributed by atoms with Crippen molar-refractivity contribution in [1.82, 2.24) is 20.2 Å². The normalized spacial score (nSPS) is 20.1. The molecule has 7 heteroatoms. The van der Waals surface area contributed by atoms with E-state index in [4.69, 9.17) is 4.74 Å². The number of aromatic nitrogens is 4. The second-order valence-electron chi connectivity index (χ2n) is 7.19. The highest BCUT2D eigenvalue weighted by Gasteiger charge is 2.34. The maximum Gasteiger partial charge on any atom is 0.151 e. The number of ether oxygens (including phenoxy) is 1. The summed E-state index contributed by atoms with van der Waals surface area (Å²) in [6, 6.07) is 4.66. The average Bonchev–Trinajstić information content (AvgIpc) is 3.45. The van der Waals surface area contributed by atoms with E-state index in [9.17, 15) is 0 Å². The summed E-state index contributed by atoms with van der Waals surface area (Å²) in [7, 11) is 2.11. The van der Waals surface area contributed by atoms with E-state index >= 15 is 0 Å². The summed E-state index contributed by atoms with van der Waals surface area (Å²) in [5, 5.41) is 8.80. The zero-order valence-electron chi connectivity index (χ0n) is 14.4. The molecule has 0 aromatic carbocycles. The van der Waals surface area contributed by atoms with E-state index < -0.39 is 0 Å². The first-order valence-corrected chi connectivity index (χ1v) is 9.01. The summed E-state index contributed by atoms with van der Waals surface area (Å²) in [5.41, 5.74) is 3.41. The lowest BCUT2D eigenvalue weighted by molar-refractivity contribution is 0.109. The minimum Gasteiger partial charge on any atom is -0.376 e. The molecule has 4 heterocycles. The Morgan fingerprint density at radius 1 is 1.16 bits per heavy atom. The Labute approximate surface area is 147 Å². The van der Waals surface area contributed by atoms with Crippen molar-refractivity contribution in [2.24, 2.45) is 0 Å². The maximum absolute atomic E-state index is 5.61. The largest absolute Gasteiger partial charge is 0.376 e.